The maximum absolute atomic E-state index is 12.6. The van der Waals surface area contributed by atoms with Gasteiger partial charge in [-0.25, -0.2) is 4.98 Å². The van der Waals surface area contributed by atoms with Gasteiger partial charge in [0.2, 0.25) is 5.91 Å². The Bertz CT molecular complexity index is 972. The first-order chi connectivity index (χ1) is 12.4. The van der Waals surface area contributed by atoms with Crippen molar-refractivity contribution in [2.45, 2.75) is 26.5 Å². The molecule has 3 heterocycles. The first-order valence-corrected chi connectivity index (χ1v) is 11.2. The summed E-state index contributed by atoms with van der Waals surface area (Å²) in [5, 5.41) is 5.53. The van der Waals surface area contributed by atoms with Crippen molar-refractivity contribution in [3.8, 4) is 10.4 Å². The van der Waals surface area contributed by atoms with Crippen LogP contribution < -0.4 is 10.9 Å². The van der Waals surface area contributed by atoms with Crippen LogP contribution in [0.4, 0.5) is 0 Å². The van der Waals surface area contributed by atoms with Gasteiger partial charge in [-0.1, -0.05) is 13.8 Å². The van der Waals surface area contributed by atoms with Gasteiger partial charge in [0.05, 0.1) is 16.9 Å². The Morgan fingerprint density at radius 3 is 2.88 bits per heavy atom. The molecule has 0 atom stereocenters. The summed E-state index contributed by atoms with van der Waals surface area (Å²) in [5.74, 6) is 1.92. The van der Waals surface area contributed by atoms with Crippen LogP contribution >= 0.6 is 34.4 Å². The molecular formula is C18H21N3O2S3. The highest BCUT2D eigenvalue weighted by Gasteiger charge is 2.14. The molecule has 0 aromatic carbocycles. The summed E-state index contributed by atoms with van der Waals surface area (Å²) in [7, 11) is 0. The van der Waals surface area contributed by atoms with E-state index in [1.165, 1.54) is 28.0 Å². The number of carbonyl (C=O) groups is 1. The molecule has 3 rings (SSSR count). The lowest BCUT2D eigenvalue weighted by molar-refractivity contribution is -0.118. The number of aromatic nitrogens is 2. The fourth-order valence-corrected chi connectivity index (χ4v) is 5.07. The molecule has 1 amide bonds. The van der Waals surface area contributed by atoms with Gasteiger partial charge < -0.3 is 10.3 Å². The summed E-state index contributed by atoms with van der Waals surface area (Å²) in [4.78, 5) is 34.8. The predicted molar refractivity (Wildman–Crippen MR) is 112 cm³/mol. The third-order valence-electron chi connectivity index (χ3n) is 3.68. The quantitative estimate of drug-likeness (QED) is 0.620. The van der Waals surface area contributed by atoms with Crippen molar-refractivity contribution in [3.63, 3.8) is 0 Å². The molecule has 0 spiro atoms. The second-order valence-electron chi connectivity index (χ2n) is 6.44. The molecular weight excluding hydrogens is 386 g/mol. The Kier molecular flexibility index (Phi) is 6.16. The lowest BCUT2D eigenvalue weighted by atomic mass is 10.2. The molecule has 138 valence electrons. The number of carbonyl (C=O) groups excluding carboxylic acids is 1. The molecule has 0 saturated heterocycles. The van der Waals surface area contributed by atoms with Crippen molar-refractivity contribution in [3.05, 3.63) is 38.6 Å². The van der Waals surface area contributed by atoms with Crippen molar-refractivity contribution < 1.29 is 4.79 Å². The normalized spacial score (nSPS) is 11.4. The van der Waals surface area contributed by atoms with Crippen molar-refractivity contribution in [2.24, 2.45) is 5.92 Å². The molecule has 0 radical (unpaired) electrons. The smallest absolute Gasteiger partial charge is 0.260 e. The molecule has 3 aromatic rings. The van der Waals surface area contributed by atoms with Crippen LogP contribution in [-0.4, -0.2) is 28.2 Å². The molecule has 2 N–H and O–H groups in total. The zero-order valence-electron chi connectivity index (χ0n) is 14.9. The van der Waals surface area contributed by atoms with Crippen molar-refractivity contribution in [1.82, 2.24) is 15.3 Å². The van der Waals surface area contributed by atoms with Gasteiger partial charge >= 0.3 is 0 Å². The SMILES string of the molecule is Cc1ccc(-c2csc3nc(CSCC(=O)NCC(C)C)[nH]c(=O)c23)s1. The molecule has 0 aliphatic rings. The van der Waals surface area contributed by atoms with Gasteiger partial charge in [0.15, 0.2) is 0 Å². The number of hydrogen-bond acceptors (Lipinski definition) is 6. The largest absolute Gasteiger partial charge is 0.355 e. The highest BCUT2D eigenvalue weighted by atomic mass is 32.2. The van der Waals surface area contributed by atoms with E-state index in [9.17, 15) is 9.59 Å². The lowest BCUT2D eigenvalue weighted by Gasteiger charge is -2.07. The number of nitrogens with zero attached hydrogens (tertiary/aromatic N) is 1. The van der Waals surface area contributed by atoms with E-state index in [0.29, 0.717) is 35.2 Å². The van der Waals surface area contributed by atoms with Crippen molar-refractivity contribution >= 4 is 50.6 Å². The van der Waals surface area contributed by atoms with E-state index < -0.39 is 0 Å². The van der Waals surface area contributed by atoms with Gasteiger partial charge in [0.1, 0.15) is 10.7 Å². The second kappa shape index (κ2) is 8.37. The number of fused-ring (bicyclic) bond motifs is 1. The van der Waals surface area contributed by atoms with E-state index in [4.69, 9.17) is 0 Å². The van der Waals surface area contributed by atoms with Gasteiger partial charge in [-0.2, -0.15) is 0 Å². The fraction of sp³-hybridized carbons (Fsp3) is 0.389. The molecule has 0 bridgehead atoms. The van der Waals surface area contributed by atoms with Gasteiger partial charge in [-0.3, -0.25) is 9.59 Å². The number of aromatic amines is 1. The number of aryl methyl sites for hydroxylation is 1. The topological polar surface area (TPSA) is 74.8 Å². The van der Waals surface area contributed by atoms with Gasteiger partial charge in [-0.15, -0.1) is 34.4 Å². The minimum absolute atomic E-state index is 0.0126. The molecule has 26 heavy (non-hydrogen) atoms. The van der Waals surface area contributed by atoms with E-state index >= 15 is 0 Å². The Morgan fingerprint density at radius 2 is 2.19 bits per heavy atom. The number of hydrogen-bond donors (Lipinski definition) is 2. The Morgan fingerprint density at radius 1 is 1.38 bits per heavy atom. The second-order valence-corrected chi connectivity index (χ2v) is 9.57. The third-order valence-corrected chi connectivity index (χ3v) is 6.53. The first kappa shape index (κ1) is 19.1. The first-order valence-electron chi connectivity index (χ1n) is 8.35. The number of amides is 1. The summed E-state index contributed by atoms with van der Waals surface area (Å²) < 4.78 is 0. The highest BCUT2D eigenvalue weighted by molar-refractivity contribution is 7.99. The van der Waals surface area contributed by atoms with E-state index in [1.54, 1.807) is 11.3 Å². The number of nitrogens with one attached hydrogen (secondary N) is 2. The van der Waals surface area contributed by atoms with E-state index in [1.807, 2.05) is 11.4 Å². The summed E-state index contributed by atoms with van der Waals surface area (Å²) in [6.45, 7) is 6.85. The van der Waals surface area contributed by atoms with E-state index in [0.717, 1.165) is 15.3 Å². The summed E-state index contributed by atoms with van der Waals surface area (Å²) in [5.41, 5.74) is 0.835. The fourth-order valence-electron chi connectivity index (χ4n) is 2.43. The van der Waals surface area contributed by atoms with Crippen molar-refractivity contribution in [2.75, 3.05) is 12.3 Å². The van der Waals surface area contributed by atoms with Gasteiger partial charge in [0.25, 0.3) is 5.56 Å². The summed E-state index contributed by atoms with van der Waals surface area (Å²) in [6, 6.07) is 4.10. The average Bonchev–Trinajstić information content (AvgIpc) is 3.19. The monoisotopic (exact) mass is 407 g/mol. The lowest BCUT2D eigenvalue weighted by Crippen LogP contribution is -2.28. The van der Waals surface area contributed by atoms with Crippen LogP contribution in [0.3, 0.4) is 0 Å². The van der Waals surface area contributed by atoms with E-state index in [2.05, 4.69) is 42.1 Å². The molecule has 8 heteroatoms. The Labute approximate surface area is 164 Å². The van der Waals surface area contributed by atoms with Crippen LogP contribution in [0.15, 0.2) is 22.3 Å². The number of thioether (sulfide) groups is 1. The zero-order chi connectivity index (χ0) is 18.7. The Balaban J connectivity index is 1.70. The minimum Gasteiger partial charge on any atom is -0.355 e. The predicted octanol–water partition coefficient (Wildman–Crippen LogP) is 4.03. The van der Waals surface area contributed by atoms with Crippen LogP contribution in [0.5, 0.6) is 0 Å². The van der Waals surface area contributed by atoms with Crippen LogP contribution in [0, 0.1) is 12.8 Å². The number of rotatable bonds is 7. The van der Waals surface area contributed by atoms with Crippen LogP contribution in [0.25, 0.3) is 20.7 Å². The third kappa shape index (κ3) is 4.55. The summed E-state index contributed by atoms with van der Waals surface area (Å²) >= 11 is 4.61. The van der Waals surface area contributed by atoms with Gasteiger partial charge in [-0.05, 0) is 25.0 Å². The number of thiophene rings is 2. The van der Waals surface area contributed by atoms with Crippen molar-refractivity contribution in [1.29, 1.82) is 0 Å². The van der Waals surface area contributed by atoms with E-state index in [-0.39, 0.29) is 11.5 Å². The zero-order valence-corrected chi connectivity index (χ0v) is 17.4. The minimum atomic E-state index is -0.114. The number of H-pyrrole nitrogens is 1. The van der Waals surface area contributed by atoms with Crippen LogP contribution in [0.1, 0.15) is 24.5 Å². The molecule has 0 fully saturated rings. The molecule has 5 nitrogen and oxygen atoms in total. The molecule has 0 unspecified atom stereocenters. The standard InChI is InChI=1S/C18H21N3O2S3/c1-10(2)6-19-15(22)9-24-8-14-20-17(23)16-12(7-25-18(16)21-14)13-5-4-11(3)26-13/h4-5,7,10H,6,8-9H2,1-3H3,(H,19,22)(H,20,21,23). The molecule has 0 saturated carbocycles. The Hall–Kier alpha value is -1.64. The summed E-state index contributed by atoms with van der Waals surface area (Å²) in [6.07, 6.45) is 0. The maximum Gasteiger partial charge on any atom is 0.260 e. The van der Waals surface area contributed by atoms with Crippen LogP contribution in [-0.2, 0) is 10.5 Å². The average molecular weight is 408 g/mol. The molecule has 3 aromatic heterocycles. The molecule has 0 aliphatic heterocycles. The van der Waals surface area contributed by atoms with Crippen LogP contribution in [0.2, 0.25) is 0 Å². The maximum atomic E-state index is 12.6. The highest BCUT2D eigenvalue weighted by Crippen LogP contribution is 2.35. The molecule has 0 aliphatic carbocycles. The van der Waals surface area contributed by atoms with Gasteiger partial charge in [0, 0.05) is 27.2 Å².